The number of thiazole rings is 1. The zero-order valence-corrected chi connectivity index (χ0v) is 21.0. The van der Waals surface area contributed by atoms with E-state index in [-0.39, 0.29) is 57.4 Å². The lowest BCUT2D eigenvalue weighted by atomic mass is 9.68. The standard InChI is InChI=1S/C26H21ClN2O4S2/c1-33-14-8-2-11(3-9-14)17-18-15-10-16(21(18)34-23-22(17)35-26(32)28-23)20-19(15)24(30)29(25(20)31)13-6-4-12(27)5-7-13/h2-9,15-21H,10H2,1H3,(H,28,32)/t15-,16+,17+,18-,19+,20-,21-/m1/s1. The van der Waals surface area contributed by atoms with Gasteiger partial charge >= 0.3 is 4.87 Å². The van der Waals surface area contributed by atoms with E-state index >= 15 is 0 Å². The second-order valence-electron chi connectivity index (χ2n) is 9.72. The molecule has 35 heavy (non-hydrogen) atoms. The van der Waals surface area contributed by atoms with Gasteiger partial charge in [0.25, 0.3) is 0 Å². The Bertz CT molecular complexity index is 1420. The molecular weight excluding hydrogens is 504 g/mol. The third-order valence-corrected chi connectivity index (χ3v) is 11.1. The molecule has 3 fully saturated rings. The van der Waals surface area contributed by atoms with E-state index in [4.69, 9.17) is 16.3 Å². The van der Waals surface area contributed by atoms with Crippen LogP contribution in [0.5, 0.6) is 5.75 Å². The minimum atomic E-state index is -0.317. The first-order valence-corrected chi connectivity index (χ1v) is 13.7. The van der Waals surface area contributed by atoms with Gasteiger partial charge in [0.1, 0.15) is 5.75 Å². The summed E-state index contributed by atoms with van der Waals surface area (Å²) in [5.74, 6) is 0.346. The Balaban J connectivity index is 1.31. The molecule has 2 bridgehead atoms. The van der Waals surface area contributed by atoms with Crippen molar-refractivity contribution >= 4 is 52.2 Å². The van der Waals surface area contributed by atoms with Crippen molar-refractivity contribution in [3.63, 3.8) is 0 Å². The number of aromatic nitrogens is 1. The third kappa shape index (κ3) is 2.99. The lowest BCUT2D eigenvalue weighted by Gasteiger charge is -2.43. The number of H-pyrrole nitrogens is 1. The van der Waals surface area contributed by atoms with Crippen LogP contribution in [0.2, 0.25) is 5.02 Å². The van der Waals surface area contributed by atoms with Crippen LogP contribution in [0.3, 0.4) is 0 Å². The summed E-state index contributed by atoms with van der Waals surface area (Å²) in [4.78, 5) is 45.1. The number of thioether (sulfide) groups is 1. The molecule has 178 valence electrons. The van der Waals surface area contributed by atoms with Gasteiger partial charge in [0.05, 0.1) is 29.7 Å². The van der Waals surface area contributed by atoms with E-state index in [9.17, 15) is 14.4 Å². The van der Waals surface area contributed by atoms with Crippen molar-refractivity contribution in [2.75, 3.05) is 12.0 Å². The van der Waals surface area contributed by atoms with Crippen LogP contribution in [0.4, 0.5) is 5.69 Å². The van der Waals surface area contributed by atoms with Crippen molar-refractivity contribution in [1.29, 1.82) is 0 Å². The predicted molar refractivity (Wildman–Crippen MR) is 135 cm³/mol. The first kappa shape index (κ1) is 21.7. The van der Waals surface area contributed by atoms with Crippen molar-refractivity contribution in [3.8, 4) is 5.75 Å². The van der Waals surface area contributed by atoms with E-state index in [1.807, 2.05) is 12.1 Å². The number of hydrogen-bond acceptors (Lipinski definition) is 6. The number of carbonyl (C=O) groups is 2. The maximum absolute atomic E-state index is 13.7. The van der Waals surface area contributed by atoms with Crippen LogP contribution in [0.1, 0.15) is 22.8 Å². The highest BCUT2D eigenvalue weighted by molar-refractivity contribution is 8.00. The molecule has 0 unspecified atom stereocenters. The number of nitrogens with one attached hydrogen (secondary N) is 1. The minimum absolute atomic E-state index is 0.00883. The molecule has 0 radical (unpaired) electrons. The van der Waals surface area contributed by atoms with Crippen LogP contribution < -0.4 is 14.5 Å². The highest BCUT2D eigenvalue weighted by Crippen LogP contribution is 2.68. The van der Waals surface area contributed by atoms with Crippen LogP contribution in [-0.4, -0.2) is 29.2 Å². The van der Waals surface area contributed by atoms with Gasteiger partial charge in [0.15, 0.2) is 0 Å². The molecule has 2 aliphatic heterocycles. The maximum atomic E-state index is 13.7. The average molecular weight is 525 g/mol. The van der Waals surface area contributed by atoms with E-state index < -0.39 is 0 Å². The summed E-state index contributed by atoms with van der Waals surface area (Å²) in [5.41, 5.74) is 1.71. The zero-order valence-electron chi connectivity index (χ0n) is 18.6. The summed E-state index contributed by atoms with van der Waals surface area (Å²) in [6, 6.07) is 14.9. The van der Waals surface area contributed by atoms with Gasteiger partial charge in [-0.05, 0) is 66.1 Å². The van der Waals surface area contributed by atoms with Gasteiger partial charge in [-0.3, -0.25) is 19.3 Å². The zero-order chi connectivity index (χ0) is 24.0. The van der Waals surface area contributed by atoms with Crippen LogP contribution in [-0.2, 0) is 9.59 Å². The van der Waals surface area contributed by atoms with Gasteiger partial charge in [-0.2, -0.15) is 0 Å². The number of halogens is 1. The predicted octanol–water partition coefficient (Wildman–Crippen LogP) is 4.78. The van der Waals surface area contributed by atoms with Gasteiger partial charge in [0.2, 0.25) is 11.8 Å². The number of methoxy groups -OCH3 is 1. The number of imide groups is 1. The van der Waals surface area contributed by atoms with E-state index in [0.717, 1.165) is 27.6 Å². The van der Waals surface area contributed by atoms with Crippen molar-refractivity contribution in [2.45, 2.75) is 22.6 Å². The number of ether oxygens (including phenoxy) is 1. The largest absolute Gasteiger partial charge is 0.497 e. The third-order valence-electron chi connectivity index (χ3n) is 8.28. The fraction of sp³-hybridized carbons (Fsp3) is 0.346. The molecular formula is C26H21ClN2O4S2. The molecule has 9 heteroatoms. The monoisotopic (exact) mass is 524 g/mol. The van der Waals surface area contributed by atoms with Gasteiger partial charge in [-0.15, -0.1) is 11.8 Å². The number of anilines is 1. The minimum Gasteiger partial charge on any atom is -0.497 e. The molecule has 7 rings (SSSR count). The SMILES string of the molecule is COc1ccc([C@@H]2c3sc(=O)[nH]c3S[C@@H]3[C@H]4C[C@@H]([C@@H]5C(=O)N(c6ccc(Cl)cc6)C(=O)[C@H]45)[C@H]23)cc1. The average Bonchev–Trinajstić information content (AvgIpc) is 3.59. The summed E-state index contributed by atoms with van der Waals surface area (Å²) in [6.45, 7) is 0. The fourth-order valence-corrected chi connectivity index (χ4v) is 10.1. The Morgan fingerprint density at radius 2 is 1.66 bits per heavy atom. The molecule has 2 saturated carbocycles. The topological polar surface area (TPSA) is 79.5 Å². The summed E-state index contributed by atoms with van der Waals surface area (Å²) in [5, 5.41) is 1.66. The number of fused-ring (bicyclic) bond motifs is 9. The molecule has 7 atom stereocenters. The van der Waals surface area contributed by atoms with Crippen LogP contribution in [0.15, 0.2) is 58.4 Å². The molecule has 6 nitrogen and oxygen atoms in total. The van der Waals surface area contributed by atoms with Crippen molar-refractivity contribution in [1.82, 2.24) is 4.98 Å². The Morgan fingerprint density at radius 1 is 0.971 bits per heavy atom. The Hall–Kier alpha value is -2.55. The number of hydrogen-bond donors (Lipinski definition) is 1. The highest BCUT2D eigenvalue weighted by Gasteiger charge is 2.69. The molecule has 2 amide bonds. The normalized spacial score (nSPS) is 32.5. The lowest BCUT2D eigenvalue weighted by molar-refractivity contribution is -0.123. The number of rotatable bonds is 3. The van der Waals surface area contributed by atoms with Gasteiger partial charge in [-0.1, -0.05) is 35.1 Å². The van der Waals surface area contributed by atoms with Crippen LogP contribution in [0, 0.1) is 29.6 Å². The smallest absolute Gasteiger partial charge is 0.305 e. The van der Waals surface area contributed by atoms with E-state index in [0.29, 0.717) is 10.7 Å². The lowest BCUT2D eigenvalue weighted by Crippen LogP contribution is -2.42. The number of aromatic amines is 1. The number of benzene rings is 2. The molecule has 1 aromatic heterocycles. The van der Waals surface area contributed by atoms with Gasteiger partial charge in [0, 0.05) is 21.1 Å². The second-order valence-corrected chi connectivity index (χ2v) is 12.4. The summed E-state index contributed by atoms with van der Waals surface area (Å²) in [7, 11) is 1.64. The number of nitrogens with zero attached hydrogens (tertiary/aromatic N) is 1. The number of amides is 2. The molecule has 2 aromatic carbocycles. The Morgan fingerprint density at radius 3 is 2.34 bits per heavy atom. The molecule has 1 N–H and O–H groups in total. The van der Waals surface area contributed by atoms with E-state index in [1.165, 1.54) is 16.2 Å². The maximum Gasteiger partial charge on any atom is 0.305 e. The first-order chi connectivity index (χ1) is 17.0. The Kier molecular flexibility index (Phi) is 4.79. The summed E-state index contributed by atoms with van der Waals surface area (Å²) >= 11 is 9.01. The fourth-order valence-electron chi connectivity index (χ4n) is 7.05. The van der Waals surface area contributed by atoms with E-state index in [1.54, 1.807) is 43.1 Å². The second kappa shape index (κ2) is 7.72. The molecule has 4 aliphatic rings. The first-order valence-electron chi connectivity index (χ1n) is 11.6. The van der Waals surface area contributed by atoms with Gasteiger partial charge < -0.3 is 9.72 Å². The van der Waals surface area contributed by atoms with Crippen molar-refractivity contribution in [3.05, 3.63) is 73.7 Å². The van der Waals surface area contributed by atoms with Crippen molar-refractivity contribution < 1.29 is 14.3 Å². The highest BCUT2D eigenvalue weighted by atomic mass is 35.5. The molecule has 3 aromatic rings. The molecule has 1 saturated heterocycles. The number of carbonyl (C=O) groups excluding carboxylic acids is 2. The summed E-state index contributed by atoms with van der Waals surface area (Å²) < 4.78 is 5.36. The molecule has 0 spiro atoms. The molecule has 3 heterocycles. The van der Waals surface area contributed by atoms with E-state index in [2.05, 4.69) is 17.1 Å². The van der Waals surface area contributed by atoms with Crippen LogP contribution >= 0.6 is 34.7 Å². The van der Waals surface area contributed by atoms with Gasteiger partial charge in [-0.25, -0.2) is 0 Å². The van der Waals surface area contributed by atoms with Crippen LogP contribution in [0.25, 0.3) is 0 Å². The van der Waals surface area contributed by atoms with Crippen molar-refractivity contribution in [2.24, 2.45) is 29.6 Å². The summed E-state index contributed by atoms with van der Waals surface area (Å²) in [6.07, 6.45) is 0.870. The molecule has 2 aliphatic carbocycles. The quantitative estimate of drug-likeness (QED) is 0.499. The Labute approximate surface area is 214 Å².